The van der Waals surface area contributed by atoms with E-state index in [0.717, 1.165) is 32.4 Å². The zero-order valence-electron chi connectivity index (χ0n) is 19.2. The van der Waals surface area contributed by atoms with E-state index < -0.39 is 30.4 Å². The molecule has 1 aromatic carbocycles. The van der Waals surface area contributed by atoms with Crippen molar-refractivity contribution in [3.8, 4) is 0 Å². The van der Waals surface area contributed by atoms with Crippen LogP contribution in [0.2, 0.25) is 5.02 Å². The number of hydrogen-bond acceptors (Lipinski definition) is 5. The van der Waals surface area contributed by atoms with Crippen molar-refractivity contribution in [1.82, 2.24) is 20.9 Å². The highest BCUT2D eigenvalue weighted by molar-refractivity contribution is 6.30. The van der Waals surface area contributed by atoms with Crippen LogP contribution in [0.15, 0.2) is 24.3 Å². The Balaban J connectivity index is 1.53. The highest BCUT2D eigenvalue weighted by Gasteiger charge is 2.30. The molecule has 0 saturated carbocycles. The van der Waals surface area contributed by atoms with E-state index in [0.29, 0.717) is 48.9 Å². The molecule has 0 spiro atoms. The molecule has 0 aliphatic carbocycles. The Morgan fingerprint density at radius 3 is 2.47 bits per heavy atom. The van der Waals surface area contributed by atoms with Gasteiger partial charge < -0.3 is 26.0 Å². The van der Waals surface area contributed by atoms with Crippen LogP contribution in [0.25, 0.3) is 0 Å². The summed E-state index contributed by atoms with van der Waals surface area (Å²) in [5, 5.41) is 18.2. The van der Waals surface area contributed by atoms with Gasteiger partial charge in [0.25, 0.3) is 5.91 Å². The first kappa shape index (κ1) is 26.0. The number of nitrogens with zero attached hydrogens (tertiary/aromatic N) is 1. The number of aliphatic carboxylic acids is 1. The van der Waals surface area contributed by atoms with Gasteiger partial charge in [0.2, 0.25) is 11.8 Å². The quantitative estimate of drug-likeness (QED) is 0.390. The number of benzene rings is 1. The third-order valence-corrected chi connectivity index (χ3v) is 6.73. The molecule has 0 unspecified atom stereocenters. The molecule has 2 atom stereocenters. The number of amides is 3. The van der Waals surface area contributed by atoms with Crippen LogP contribution in [0.1, 0.15) is 55.3 Å². The second-order valence-electron chi connectivity index (χ2n) is 9.05. The molecule has 3 amide bonds. The zero-order valence-corrected chi connectivity index (χ0v) is 20.0. The Morgan fingerprint density at radius 2 is 1.79 bits per heavy atom. The molecule has 3 rings (SSSR count). The van der Waals surface area contributed by atoms with Crippen LogP contribution in [0.5, 0.6) is 0 Å². The molecule has 2 fully saturated rings. The van der Waals surface area contributed by atoms with Gasteiger partial charge in [-0.15, -0.1) is 0 Å². The minimum Gasteiger partial charge on any atom is -0.481 e. The van der Waals surface area contributed by atoms with E-state index in [9.17, 15) is 24.3 Å². The maximum absolute atomic E-state index is 12.9. The first-order valence-electron chi connectivity index (χ1n) is 11.9. The van der Waals surface area contributed by atoms with Crippen molar-refractivity contribution in [2.24, 2.45) is 11.8 Å². The Labute approximate surface area is 204 Å². The maximum atomic E-state index is 12.9. The predicted molar refractivity (Wildman–Crippen MR) is 127 cm³/mol. The topological polar surface area (TPSA) is 128 Å². The van der Waals surface area contributed by atoms with Gasteiger partial charge in [0.05, 0.1) is 12.3 Å². The number of piperidine rings is 2. The summed E-state index contributed by atoms with van der Waals surface area (Å²) in [4.78, 5) is 51.2. The Bertz CT molecular complexity index is 873. The minimum atomic E-state index is -1.15. The number of nitrogens with one attached hydrogen (secondary N) is 3. The first-order chi connectivity index (χ1) is 16.3. The summed E-state index contributed by atoms with van der Waals surface area (Å²) >= 11 is 5.84. The molecule has 2 aliphatic rings. The standard InChI is InChI=1S/C24H33ClN4O5/c25-19-6-4-17(5-7-19)23(33)27-20(14-22(31)32)28-24(34)18-2-1-13-29(15-18)21(30)8-3-16-9-11-26-12-10-16/h4-7,16,18,20,26H,1-3,8-15H2,(H,27,33)(H,28,34)(H,31,32)/t18-,20-/m1/s1. The first-order valence-corrected chi connectivity index (χ1v) is 12.3. The Kier molecular flexibility index (Phi) is 9.71. The number of carbonyl (C=O) groups is 4. The molecular weight excluding hydrogens is 460 g/mol. The molecule has 34 heavy (non-hydrogen) atoms. The van der Waals surface area contributed by atoms with Crippen molar-refractivity contribution in [2.75, 3.05) is 26.2 Å². The summed E-state index contributed by atoms with van der Waals surface area (Å²) in [5.74, 6) is -1.84. The van der Waals surface area contributed by atoms with E-state index in [4.69, 9.17) is 11.6 Å². The molecule has 2 heterocycles. The van der Waals surface area contributed by atoms with Crippen LogP contribution in [0.4, 0.5) is 0 Å². The summed E-state index contributed by atoms with van der Waals surface area (Å²) in [5.41, 5.74) is 0.303. The lowest BCUT2D eigenvalue weighted by molar-refractivity contribution is -0.138. The molecule has 2 saturated heterocycles. The molecule has 4 N–H and O–H groups in total. The molecule has 9 nitrogen and oxygen atoms in total. The number of halogens is 1. The number of likely N-dealkylation sites (tertiary alicyclic amines) is 1. The Morgan fingerprint density at radius 1 is 1.09 bits per heavy atom. The van der Waals surface area contributed by atoms with Crippen LogP contribution in [-0.2, 0) is 14.4 Å². The average Bonchev–Trinajstić information content (AvgIpc) is 2.83. The minimum absolute atomic E-state index is 0.0640. The van der Waals surface area contributed by atoms with Gasteiger partial charge in [-0.3, -0.25) is 19.2 Å². The Hall–Kier alpha value is -2.65. The van der Waals surface area contributed by atoms with E-state index in [1.165, 1.54) is 12.1 Å². The third-order valence-electron chi connectivity index (χ3n) is 6.48. The SMILES string of the molecule is O=C(O)C[C@H](NC(=O)c1ccc(Cl)cc1)NC(=O)[C@@H]1CCCN(C(=O)CCC2CCNCC2)C1. The number of carboxylic acids is 1. The van der Waals surface area contributed by atoms with Crippen molar-refractivity contribution >= 4 is 35.3 Å². The fourth-order valence-electron chi connectivity index (χ4n) is 4.52. The fraction of sp³-hybridized carbons (Fsp3) is 0.583. The van der Waals surface area contributed by atoms with Gasteiger partial charge in [-0.05, 0) is 75.4 Å². The summed E-state index contributed by atoms with van der Waals surface area (Å²) in [6.45, 7) is 2.93. The largest absolute Gasteiger partial charge is 0.481 e. The lowest BCUT2D eigenvalue weighted by Gasteiger charge is -2.33. The second kappa shape index (κ2) is 12.7. The van der Waals surface area contributed by atoms with Crippen molar-refractivity contribution in [1.29, 1.82) is 0 Å². The van der Waals surface area contributed by atoms with Gasteiger partial charge in [0.15, 0.2) is 0 Å². The lowest BCUT2D eigenvalue weighted by Crippen LogP contribution is -2.53. The van der Waals surface area contributed by atoms with Gasteiger partial charge in [0, 0.05) is 30.1 Å². The van der Waals surface area contributed by atoms with Crippen LogP contribution in [0.3, 0.4) is 0 Å². The molecule has 0 radical (unpaired) electrons. The van der Waals surface area contributed by atoms with E-state index in [2.05, 4.69) is 16.0 Å². The summed E-state index contributed by atoms with van der Waals surface area (Å²) in [7, 11) is 0. The van der Waals surface area contributed by atoms with Crippen molar-refractivity contribution in [2.45, 2.75) is 51.1 Å². The lowest BCUT2D eigenvalue weighted by atomic mass is 9.92. The van der Waals surface area contributed by atoms with Crippen molar-refractivity contribution in [3.63, 3.8) is 0 Å². The molecule has 0 aromatic heterocycles. The molecule has 1 aromatic rings. The highest BCUT2D eigenvalue weighted by atomic mass is 35.5. The van der Waals surface area contributed by atoms with E-state index in [1.54, 1.807) is 17.0 Å². The fourth-order valence-corrected chi connectivity index (χ4v) is 4.64. The smallest absolute Gasteiger partial charge is 0.307 e. The van der Waals surface area contributed by atoms with Gasteiger partial charge in [-0.2, -0.15) is 0 Å². The van der Waals surface area contributed by atoms with Gasteiger partial charge in [-0.1, -0.05) is 11.6 Å². The normalized spacial score (nSPS) is 19.8. The van der Waals surface area contributed by atoms with E-state index in [1.807, 2.05) is 0 Å². The number of carbonyl (C=O) groups excluding carboxylic acids is 3. The van der Waals surface area contributed by atoms with Crippen molar-refractivity contribution in [3.05, 3.63) is 34.9 Å². The number of rotatable bonds is 9. The van der Waals surface area contributed by atoms with Crippen LogP contribution in [-0.4, -0.2) is 66.0 Å². The third kappa shape index (κ3) is 7.99. The summed E-state index contributed by atoms with van der Waals surface area (Å²) in [6.07, 6.45) is 3.31. The maximum Gasteiger partial charge on any atom is 0.307 e. The molecule has 2 aliphatic heterocycles. The molecule has 186 valence electrons. The summed E-state index contributed by atoms with van der Waals surface area (Å²) < 4.78 is 0. The molecule has 0 bridgehead atoms. The van der Waals surface area contributed by atoms with Crippen LogP contribution < -0.4 is 16.0 Å². The van der Waals surface area contributed by atoms with E-state index >= 15 is 0 Å². The monoisotopic (exact) mass is 492 g/mol. The zero-order chi connectivity index (χ0) is 24.5. The predicted octanol–water partition coefficient (Wildman–Crippen LogP) is 2.01. The number of hydrogen-bond donors (Lipinski definition) is 4. The highest BCUT2D eigenvalue weighted by Crippen LogP contribution is 2.22. The molecule has 10 heteroatoms. The number of carboxylic acid groups (broad SMARTS) is 1. The van der Waals surface area contributed by atoms with Crippen molar-refractivity contribution < 1.29 is 24.3 Å². The van der Waals surface area contributed by atoms with Crippen LogP contribution in [0, 0.1) is 11.8 Å². The van der Waals surface area contributed by atoms with Gasteiger partial charge in [0.1, 0.15) is 6.17 Å². The van der Waals surface area contributed by atoms with Gasteiger partial charge in [-0.25, -0.2) is 0 Å². The summed E-state index contributed by atoms with van der Waals surface area (Å²) in [6, 6.07) is 6.15. The van der Waals surface area contributed by atoms with Crippen LogP contribution >= 0.6 is 11.6 Å². The second-order valence-corrected chi connectivity index (χ2v) is 9.49. The van der Waals surface area contributed by atoms with E-state index in [-0.39, 0.29) is 11.8 Å². The van der Waals surface area contributed by atoms with Gasteiger partial charge >= 0.3 is 5.97 Å². The average molecular weight is 493 g/mol. The molecular formula is C24H33ClN4O5.